The third-order valence-electron chi connectivity index (χ3n) is 4.35. The van der Waals surface area contributed by atoms with Crippen LogP contribution in [-0.2, 0) is 16.6 Å². The number of nitrogens with zero attached hydrogens (tertiary/aromatic N) is 2. The third-order valence-corrected chi connectivity index (χ3v) is 4.35. The fourth-order valence-corrected chi connectivity index (χ4v) is 3.07. The number of halogens is 1. The van der Waals surface area contributed by atoms with Gasteiger partial charge in [-0.05, 0) is 24.0 Å². The summed E-state index contributed by atoms with van der Waals surface area (Å²) in [7, 11) is 1.59. The third kappa shape index (κ3) is 2.36. The smallest absolute Gasteiger partial charge is 0.295 e. The predicted octanol–water partition coefficient (Wildman–Crippen LogP) is 1.58. The second kappa shape index (κ2) is 5.33. The van der Waals surface area contributed by atoms with Crippen LogP contribution < -0.4 is 11.0 Å². The number of hydrogen-bond donors (Lipinski definition) is 1. The molecule has 0 spiro atoms. The SMILES string of the molecule is CC(C)c1cc2c(cc1F)n(C1CCC(=O)NC1=O)c(=O)n2C. The molecule has 1 saturated heterocycles. The van der Waals surface area contributed by atoms with Gasteiger partial charge in [0.2, 0.25) is 11.8 Å². The number of imide groups is 1. The van der Waals surface area contributed by atoms with E-state index in [1.807, 2.05) is 13.8 Å². The number of carbonyl (C=O) groups is 2. The van der Waals surface area contributed by atoms with Crippen LogP contribution in [0.1, 0.15) is 44.2 Å². The van der Waals surface area contributed by atoms with Crippen LogP contribution in [0.2, 0.25) is 0 Å². The second-order valence-corrected chi connectivity index (χ2v) is 6.20. The normalized spacial score (nSPS) is 18.7. The van der Waals surface area contributed by atoms with Crippen molar-refractivity contribution >= 4 is 22.8 Å². The molecule has 1 atom stereocenters. The van der Waals surface area contributed by atoms with E-state index >= 15 is 0 Å². The molecule has 23 heavy (non-hydrogen) atoms. The molecule has 0 saturated carbocycles. The van der Waals surface area contributed by atoms with E-state index in [-0.39, 0.29) is 24.7 Å². The van der Waals surface area contributed by atoms with E-state index in [9.17, 15) is 18.8 Å². The standard InChI is InChI=1S/C16H18FN3O3/c1-8(2)9-6-12-13(7-10(9)17)20(16(23)19(12)3)11-4-5-14(21)18-15(11)22/h6-8,11H,4-5H2,1-3H3,(H,18,21,22). The van der Waals surface area contributed by atoms with Crippen LogP contribution in [0.15, 0.2) is 16.9 Å². The summed E-state index contributed by atoms with van der Waals surface area (Å²) in [5.41, 5.74) is 1.07. The van der Waals surface area contributed by atoms with Crippen molar-refractivity contribution in [1.82, 2.24) is 14.5 Å². The molecule has 0 bridgehead atoms. The summed E-state index contributed by atoms with van der Waals surface area (Å²) >= 11 is 0. The highest BCUT2D eigenvalue weighted by Gasteiger charge is 2.31. The first-order valence-electron chi connectivity index (χ1n) is 7.55. The van der Waals surface area contributed by atoms with Crippen molar-refractivity contribution in [3.8, 4) is 0 Å². The average molecular weight is 319 g/mol. The summed E-state index contributed by atoms with van der Waals surface area (Å²) in [4.78, 5) is 35.9. The summed E-state index contributed by atoms with van der Waals surface area (Å²) < 4.78 is 17.0. The van der Waals surface area contributed by atoms with Crippen molar-refractivity contribution in [1.29, 1.82) is 0 Å². The second-order valence-electron chi connectivity index (χ2n) is 6.20. The lowest BCUT2D eigenvalue weighted by Gasteiger charge is -2.22. The van der Waals surface area contributed by atoms with Gasteiger partial charge in [-0.15, -0.1) is 0 Å². The van der Waals surface area contributed by atoms with Gasteiger partial charge in [0, 0.05) is 19.5 Å². The number of hydrogen-bond acceptors (Lipinski definition) is 3. The van der Waals surface area contributed by atoms with Gasteiger partial charge in [-0.1, -0.05) is 13.8 Å². The van der Waals surface area contributed by atoms with Gasteiger partial charge in [-0.25, -0.2) is 9.18 Å². The minimum absolute atomic E-state index is 0.0200. The van der Waals surface area contributed by atoms with Crippen molar-refractivity contribution in [3.05, 3.63) is 34.0 Å². The van der Waals surface area contributed by atoms with Crippen LogP contribution in [0.5, 0.6) is 0 Å². The van der Waals surface area contributed by atoms with E-state index in [0.29, 0.717) is 16.6 Å². The zero-order chi connectivity index (χ0) is 16.9. The number of piperidine rings is 1. The van der Waals surface area contributed by atoms with E-state index in [0.717, 1.165) is 0 Å². The van der Waals surface area contributed by atoms with E-state index < -0.39 is 23.5 Å². The summed E-state index contributed by atoms with van der Waals surface area (Å²) in [5.74, 6) is -1.30. The molecule has 2 amide bonds. The van der Waals surface area contributed by atoms with Crippen molar-refractivity contribution in [2.24, 2.45) is 7.05 Å². The molecule has 1 fully saturated rings. The summed E-state index contributed by atoms with van der Waals surface area (Å²) in [6, 6.07) is 2.16. The first-order chi connectivity index (χ1) is 10.8. The quantitative estimate of drug-likeness (QED) is 0.854. The maximum Gasteiger partial charge on any atom is 0.329 e. The number of fused-ring (bicyclic) bond motifs is 1. The van der Waals surface area contributed by atoms with E-state index in [2.05, 4.69) is 5.32 Å². The zero-order valence-corrected chi connectivity index (χ0v) is 13.2. The summed E-state index contributed by atoms with van der Waals surface area (Å²) in [6.45, 7) is 3.75. The van der Waals surface area contributed by atoms with Crippen LogP contribution in [0.25, 0.3) is 11.0 Å². The Hall–Kier alpha value is -2.44. The van der Waals surface area contributed by atoms with Crippen molar-refractivity contribution in [2.75, 3.05) is 0 Å². The molecule has 2 aromatic rings. The monoisotopic (exact) mass is 319 g/mol. The van der Waals surface area contributed by atoms with Gasteiger partial charge in [0.15, 0.2) is 0 Å². The van der Waals surface area contributed by atoms with E-state index in [4.69, 9.17) is 0 Å². The molecule has 1 N–H and O–H groups in total. The van der Waals surface area contributed by atoms with Crippen LogP contribution in [0.3, 0.4) is 0 Å². The predicted molar refractivity (Wildman–Crippen MR) is 82.6 cm³/mol. The van der Waals surface area contributed by atoms with Gasteiger partial charge < -0.3 is 0 Å². The fourth-order valence-electron chi connectivity index (χ4n) is 3.07. The van der Waals surface area contributed by atoms with Crippen molar-refractivity contribution in [3.63, 3.8) is 0 Å². The molecule has 1 unspecified atom stereocenters. The maximum atomic E-state index is 14.3. The molecule has 122 valence electrons. The Kier molecular flexibility index (Phi) is 3.58. The fraction of sp³-hybridized carbons (Fsp3) is 0.438. The number of aromatic nitrogens is 2. The Morgan fingerprint density at radius 1 is 1.22 bits per heavy atom. The molecule has 6 nitrogen and oxygen atoms in total. The number of aryl methyl sites for hydroxylation is 1. The molecule has 0 aliphatic carbocycles. The molecule has 1 aliphatic heterocycles. The molecule has 0 radical (unpaired) electrons. The van der Waals surface area contributed by atoms with Crippen LogP contribution in [-0.4, -0.2) is 20.9 Å². The Balaban J connectivity index is 2.24. The highest BCUT2D eigenvalue weighted by Crippen LogP contribution is 2.27. The van der Waals surface area contributed by atoms with Crippen LogP contribution >= 0.6 is 0 Å². The van der Waals surface area contributed by atoms with Crippen molar-refractivity contribution < 1.29 is 14.0 Å². The number of imidazole rings is 1. The molecular weight excluding hydrogens is 301 g/mol. The Morgan fingerprint density at radius 2 is 1.91 bits per heavy atom. The number of carbonyl (C=O) groups excluding carboxylic acids is 2. The molecule has 7 heteroatoms. The largest absolute Gasteiger partial charge is 0.329 e. The maximum absolute atomic E-state index is 14.3. The lowest BCUT2D eigenvalue weighted by Crippen LogP contribution is -2.44. The average Bonchev–Trinajstić information content (AvgIpc) is 2.70. The van der Waals surface area contributed by atoms with E-state index in [1.54, 1.807) is 13.1 Å². The zero-order valence-electron chi connectivity index (χ0n) is 13.2. The first-order valence-corrected chi connectivity index (χ1v) is 7.55. The topological polar surface area (TPSA) is 73.1 Å². The molecular formula is C16H18FN3O3. The van der Waals surface area contributed by atoms with Gasteiger partial charge in [-0.2, -0.15) is 0 Å². The molecule has 1 aliphatic rings. The molecule has 2 heterocycles. The minimum atomic E-state index is -0.798. The lowest BCUT2D eigenvalue weighted by molar-refractivity contribution is -0.135. The van der Waals surface area contributed by atoms with Gasteiger partial charge in [0.05, 0.1) is 11.0 Å². The number of amides is 2. The number of rotatable bonds is 2. The number of benzene rings is 1. The molecule has 1 aromatic carbocycles. The summed E-state index contributed by atoms with van der Waals surface area (Å²) in [6.07, 6.45) is 0.392. The first kappa shape index (κ1) is 15.5. The Morgan fingerprint density at radius 3 is 2.52 bits per heavy atom. The molecule has 3 rings (SSSR count). The lowest BCUT2D eigenvalue weighted by atomic mass is 10.0. The van der Waals surface area contributed by atoms with E-state index in [1.165, 1.54) is 15.2 Å². The highest BCUT2D eigenvalue weighted by molar-refractivity contribution is 6.00. The Bertz CT molecular complexity index is 879. The van der Waals surface area contributed by atoms with Gasteiger partial charge in [0.25, 0.3) is 0 Å². The van der Waals surface area contributed by atoms with Gasteiger partial charge in [0.1, 0.15) is 11.9 Å². The van der Waals surface area contributed by atoms with Crippen LogP contribution in [0.4, 0.5) is 4.39 Å². The van der Waals surface area contributed by atoms with Gasteiger partial charge in [-0.3, -0.25) is 24.0 Å². The highest BCUT2D eigenvalue weighted by atomic mass is 19.1. The number of nitrogens with one attached hydrogen (secondary N) is 1. The van der Waals surface area contributed by atoms with Crippen LogP contribution in [0, 0.1) is 5.82 Å². The Labute approximate surface area is 131 Å². The van der Waals surface area contributed by atoms with Crippen molar-refractivity contribution in [2.45, 2.75) is 38.6 Å². The molecule has 1 aromatic heterocycles. The summed E-state index contributed by atoms with van der Waals surface area (Å²) in [5, 5.41) is 2.23. The minimum Gasteiger partial charge on any atom is -0.295 e. The van der Waals surface area contributed by atoms with Gasteiger partial charge >= 0.3 is 5.69 Å².